The molecular weight excluding hydrogens is 599 g/mol. The molecular formula is C46H29NO2. The normalized spacial score (nSPS) is 14.0. The minimum absolute atomic E-state index is 0.0371. The van der Waals surface area contributed by atoms with Crippen molar-refractivity contribution in [3.8, 4) is 22.3 Å². The summed E-state index contributed by atoms with van der Waals surface area (Å²) in [5.41, 5.74) is 3.25. The Balaban J connectivity index is 1.35. The molecule has 3 nitrogen and oxygen atoms in total. The third-order valence-electron chi connectivity index (χ3n) is 9.07. The van der Waals surface area contributed by atoms with Gasteiger partial charge in [-0.05, 0) is 58.9 Å². The first-order valence-corrected chi connectivity index (χ1v) is 16.0. The number of nitrogens with zero attached hydrogens (tertiary/aromatic N) is 1. The van der Waals surface area contributed by atoms with E-state index in [1.165, 1.54) is 4.90 Å². The van der Waals surface area contributed by atoms with E-state index in [9.17, 15) is 8.22 Å². The van der Waals surface area contributed by atoms with Gasteiger partial charge in [-0.2, -0.15) is 0 Å². The fraction of sp³-hybridized carbons (Fsp3) is 0. The summed E-state index contributed by atoms with van der Waals surface area (Å²) < 4.78 is 87.7. The summed E-state index contributed by atoms with van der Waals surface area (Å²) in [5, 5.41) is 4.72. The first-order chi connectivity index (χ1) is 27.7. The van der Waals surface area contributed by atoms with Crippen molar-refractivity contribution >= 4 is 71.7 Å². The third-order valence-corrected chi connectivity index (χ3v) is 9.07. The molecule has 0 aliphatic carbocycles. The number of fused-ring (bicyclic) bond motifs is 8. The first kappa shape index (κ1) is 20.6. The van der Waals surface area contributed by atoms with Crippen molar-refractivity contribution in [3.05, 3.63) is 176 Å². The van der Waals surface area contributed by atoms with Gasteiger partial charge < -0.3 is 13.7 Å². The first-order valence-electron chi connectivity index (χ1n) is 20.0. The van der Waals surface area contributed by atoms with Gasteiger partial charge in [-0.25, -0.2) is 0 Å². The van der Waals surface area contributed by atoms with Gasteiger partial charge in [0, 0.05) is 38.4 Å². The second-order valence-electron chi connectivity index (χ2n) is 11.8. The molecule has 0 fully saturated rings. The second kappa shape index (κ2) is 11.0. The monoisotopic (exact) mass is 635 g/mol. The summed E-state index contributed by atoms with van der Waals surface area (Å²) in [6.07, 6.45) is 0. The second-order valence-corrected chi connectivity index (χ2v) is 11.8. The maximum absolute atomic E-state index is 9.73. The van der Waals surface area contributed by atoms with Crippen molar-refractivity contribution < 1.29 is 19.8 Å². The third kappa shape index (κ3) is 4.37. The lowest BCUT2D eigenvalue weighted by atomic mass is 9.99. The highest BCUT2D eigenvalue weighted by Gasteiger charge is 2.23. The van der Waals surface area contributed by atoms with Crippen LogP contribution in [0.1, 0.15) is 11.0 Å². The van der Waals surface area contributed by atoms with E-state index in [0.29, 0.717) is 49.9 Å². The summed E-state index contributed by atoms with van der Waals surface area (Å²) in [7, 11) is 0. The van der Waals surface area contributed by atoms with Crippen LogP contribution in [-0.2, 0) is 0 Å². The number of furan rings is 2. The smallest absolute Gasteiger partial charge is 0.143 e. The highest BCUT2D eigenvalue weighted by molar-refractivity contribution is 6.20. The summed E-state index contributed by atoms with van der Waals surface area (Å²) >= 11 is 0. The molecule has 0 unspecified atom stereocenters. The average Bonchev–Trinajstić information content (AvgIpc) is 3.82. The van der Waals surface area contributed by atoms with Crippen LogP contribution in [0.3, 0.4) is 0 Å². The predicted molar refractivity (Wildman–Crippen MR) is 204 cm³/mol. The van der Waals surface area contributed by atoms with Crippen LogP contribution in [0.5, 0.6) is 0 Å². The van der Waals surface area contributed by atoms with Gasteiger partial charge in [-0.3, -0.25) is 0 Å². The van der Waals surface area contributed by atoms with Gasteiger partial charge >= 0.3 is 0 Å². The predicted octanol–water partition coefficient (Wildman–Crippen LogP) is 13.4. The average molecular weight is 636 g/mol. The molecule has 0 aliphatic rings. The van der Waals surface area contributed by atoms with E-state index in [-0.39, 0.29) is 40.6 Å². The topological polar surface area (TPSA) is 29.5 Å². The molecule has 3 heteroatoms. The summed E-state index contributed by atoms with van der Waals surface area (Å²) in [6, 6.07) is 35.5. The maximum Gasteiger partial charge on any atom is 0.143 e. The Bertz CT molecular complexity index is 3270. The molecule has 10 aromatic rings. The molecule has 0 saturated heterocycles. The highest BCUT2D eigenvalue weighted by atomic mass is 16.3. The van der Waals surface area contributed by atoms with E-state index in [2.05, 4.69) is 0 Å². The summed E-state index contributed by atoms with van der Waals surface area (Å²) in [4.78, 5) is 1.46. The Morgan fingerprint density at radius 1 is 0.429 bits per heavy atom. The highest BCUT2D eigenvalue weighted by Crippen LogP contribution is 2.47. The Morgan fingerprint density at radius 3 is 2.04 bits per heavy atom. The minimum atomic E-state index is -0.515. The zero-order valence-corrected chi connectivity index (χ0v) is 25.9. The Hall–Kier alpha value is -6.58. The Kier molecular flexibility index (Phi) is 4.63. The molecule has 2 heterocycles. The molecule has 10 rings (SSSR count). The minimum Gasteiger partial charge on any atom is -0.455 e. The van der Waals surface area contributed by atoms with Crippen molar-refractivity contribution in [2.45, 2.75) is 0 Å². The van der Waals surface area contributed by atoms with Crippen molar-refractivity contribution in [1.82, 2.24) is 0 Å². The van der Waals surface area contributed by atoms with Gasteiger partial charge in [-0.1, -0.05) is 133 Å². The number of rotatable bonds is 5. The molecule has 0 N–H and O–H groups in total. The van der Waals surface area contributed by atoms with Crippen LogP contribution >= 0.6 is 0 Å². The van der Waals surface area contributed by atoms with Crippen molar-refractivity contribution in [2.75, 3.05) is 4.90 Å². The number of hydrogen-bond donors (Lipinski definition) is 0. The number of para-hydroxylation sites is 3. The standard InChI is InChI=1S/C46H29NO2/c1-2-12-30(13-3-1)34-15-6-8-20-40(34)47(41-21-11-23-43-44(41)39-29-26-31-14-4-5-16-35(31)46(39)49-43)33-27-24-32(25-28-33)36-18-10-19-38-37-17-7-9-22-42(37)48-45(36)38/h1-29H/i6D,8D,15D,20D,24D,25D,27D,28D. The Morgan fingerprint density at radius 2 is 1.14 bits per heavy atom. The molecule has 0 aliphatic heterocycles. The maximum atomic E-state index is 9.73. The molecule has 0 bridgehead atoms. The van der Waals surface area contributed by atoms with Crippen LogP contribution in [0.15, 0.2) is 185 Å². The molecule has 2 aromatic heterocycles. The number of benzene rings is 8. The molecule has 0 saturated carbocycles. The van der Waals surface area contributed by atoms with Crippen molar-refractivity contribution in [2.24, 2.45) is 0 Å². The number of anilines is 3. The lowest BCUT2D eigenvalue weighted by Gasteiger charge is -2.28. The largest absolute Gasteiger partial charge is 0.455 e. The van der Waals surface area contributed by atoms with Gasteiger partial charge in [0.2, 0.25) is 0 Å². The van der Waals surface area contributed by atoms with Gasteiger partial charge in [0.15, 0.2) is 0 Å². The van der Waals surface area contributed by atoms with Gasteiger partial charge in [0.1, 0.15) is 22.3 Å². The van der Waals surface area contributed by atoms with Crippen LogP contribution in [0.25, 0.3) is 76.9 Å². The molecule has 0 radical (unpaired) electrons. The molecule has 8 aromatic carbocycles. The van der Waals surface area contributed by atoms with Gasteiger partial charge in [0.05, 0.1) is 27.7 Å². The summed E-state index contributed by atoms with van der Waals surface area (Å²) in [6.45, 7) is 0. The zero-order valence-electron chi connectivity index (χ0n) is 33.9. The van der Waals surface area contributed by atoms with E-state index in [4.69, 9.17) is 11.6 Å². The molecule has 0 atom stereocenters. The number of hydrogen-bond acceptors (Lipinski definition) is 3. The molecule has 0 spiro atoms. The lowest BCUT2D eigenvalue weighted by molar-refractivity contribution is 0.670. The van der Waals surface area contributed by atoms with E-state index in [1.54, 1.807) is 60.7 Å². The van der Waals surface area contributed by atoms with Crippen LogP contribution in [0.2, 0.25) is 0 Å². The van der Waals surface area contributed by atoms with Crippen LogP contribution in [-0.4, -0.2) is 0 Å². The van der Waals surface area contributed by atoms with Gasteiger partial charge in [0.25, 0.3) is 0 Å². The van der Waals surface area contributed by atoms with Gasteiger partial charge in [-0.15, -0.1) is 0 Å². The molecule has 230 valence electrons. The zero-order chi connectivity index (χ0) is 39.3. The van der Waals surface area contributed by atoms with E-state index in [0.717, 1.165) is 21.5 Å². The van der Waals surface area contributed by atoms with E-state index < -0.39 is 30.2 Å². The fourth-order valence-corrected chi connectivity index (χ4v) is 6.86. The fourth-order valence-electron chi connectivity index (χ4n) is 6.86. The molecule has 0 amide bonds. The lowest BCUT2D eigenvalue weighted by Crippen LogP contribution is -2.11. The molecule has 49 heavy (non-hydrogen) atoms. The SMILES string of the molecule is [2H]c1c([2H])c([2H])c(N(c2c([2H])c([2H])c(-c3cccc4c3oc3ccccc34)c([2H])c2[2H])c2cccc3oc4c5ccccc5ccc4c23)c(-c2ccccc2)c1[2H]. The van der Waals surface area contributed by atoms with E-state index >= 15 is 0 Å². The van der Waals surface area contributed by atoms with E-state index in [1.807, 2.05) is 66.7 Å². The van der Waals surface area contributed by atoms with Crippen molar-refractivity contribution in [3.63, 3.8) is 0 Å². The van der Waals surface area contributed by atoms with Crippen LogP contribution in [0.4, 0.5) is 17.1 Å². The summed E-state index contributed by atoms with van der Waals surface area (Å²) in [5.74, 6) is 0. The Labute approximate surface area is 294 Å². The van der Waals surface area contributed by atoms with Crippen LogP contribution in [0, 0.1) is 0 Å². The van der Waals surface area contributed by atoms with Crippen LogP contribution < -0.4 is 4.90 Å². The quantitative estimate of drug-likeness (QED) is 0.188. The van der Waals surface area contributed by atoms with Crippen molar-refractivity contribution in [1.29, 1.82) is 0 Å².